The van der Waals surface area contributed by atoms with Gasteiger partial charge >= 0.3 is 0 Å². The van der Waals surface area contributed by atoms with E-state index in [0.717, 1.165) is 11.1 Å². The highest BCUT2D eigenvalue weighted by atomic mass is 16.2. The molecule has 1 rings (SSSR count). The average Bonchev–Trinajstić information content (AvgIpc) is 2.30. The zero-order chi connectivity index (χ0) is 12.7. The molecular formula is C14H17NO2. The zero-order valence-corrected chi connectivity index (χ0v) is 10.2. The van der Waals surface area contributed by atoms with Gasteiger partial charge in [0.1, 0.15) is 0 Å². The molecule has 0 aliphatic rings. The van der Waals surface area contributed by atoms with Crippen molar-refractivity contribution in [2.45, 2.75) is 19.9 Å². The molecule has 0 unspecified atom stereocenters. The van der Waals surface area contributed by atoms with Crippen molar-refractivity contribution in [2.75, 3.05) is 13.7 Å². The van der Waals surface area contributed by atoms with Crippen LogP contribution in [0.5, 0.6) is 0 Å². The van der Waals surface area contributed by atoms with Crippen molar-refractivity contribution in [3.63, 3.8) is 0 Å². The van der Waals surface area contributed by atoms with E-state index in [1.165, 1.54) is 0 Å². The van der Waals surface area contributed by atoms with Gasteiger partial charge in [-0.15, -0.1) is 0 Å². The van der Waals surface area contributed by atoms with Crippen molar-refractivity contribution >= 4 is 5.91 Å². The fourth-order valence-corrected chi connectivity index (χ4v) is 1.35. The molecule has 0 saturated carbocycles. The maximum Gasteiger partial charge on any atom is 0.219 e. The average molecular weight is 231 g/mol. The van der Waals surface area contributed by atoms with E-state index in [1.807, 2.05) is 24.3 Å². The van der Waals surface area contributed by atoms with Gasteiger partial charge in [0, 0.05) is 32.5 Å². The topological polar surface area (TPSA) is 40.5 Å². The Hall–Kier alpha value is -1.79. The molecular weight excluding hydrogens is 214 g/mol. The Labute approximate surface area is 102 Å². The summed E-state index contributed by atoms with van der Waals surface area (Å²) in [5.41, 5.74) is 1.96. The number of amides is 1. The van der Waals surface area contributed by atoms with Gasteiger partial charge in [0.25, 0.3) is 0 Å². The van der Waals surface area contributed by atoms with Crippen LogP contribution in [0.15, 0.2) is 24.3 Å². The third-order valence-corrected chi connectivity index (χ3v) is 2.35. The summed E-state index contributed by atoms with van der Waals surface area (Å²) in [7, 11) is 1.77. The lowest BCUT2D eigenvalue weighted by Gasteiger charge is -2.14. The van der Waals surface area contributed by atoms with Gasteiger partial charge in [-0.2, -0.15) is 0 Å². The number of aliphatic hydroxyl groups excluding tert-OH is 1. The molecule has 0 spiro atoms. The zero-order valence-electron chi connectivity index (χ0n) is 10.2. The minimum Gasteiger partial charge on any atom is -0.395 e. The Bertz CT molecular complexity index is 443. The number of aliphatic hydroxyl groups is 1. The molecule has 0 aromatic heterocycles. The van der Waals surface area contributed by atoms with E-state index >= 15 is 0 Å². The quantitative estimate of drug-likeness (QED) is 0.799. The summed E-state index contributed by atoms with van der Waals surface area (Å²) in [5, 5.41) is 8.63. The predicted octanol–water partition coefficient (Wildman–Crippen LogP) is 1.40. The molecule has 90 valence electrons. The summed E-state index contributed by atoms with van der Waals surface area (Å²) in [6.45, 7) is 2.22. The smallest absolute Gasteiger partial charge is 0.219 e. The molecule has 0 aliphatic carbocycles. The van der Waals surface area contributed by atoms with Gasteiger partial charge in [-0.05, 0) is 17.7 Å². The number of carbonyl (C=O) groups is 1. The summed E-state index contributed by atoms with van der Waals surface area (Å²) in [6.07, 6.45) is 0.484. The summed E-state index contributed by atoms with van der Waals surface area (Å²) in [6, 6.07) is 7.77. The van der Waals surface area contributed by atoms with E-state index in [2.05, 4.69) is 11.8 Å². The van der Waals surface area contributed by atoms with E-state index < -0.39 is 0 Å². The number of hydrogen-bond donors (Lipinski definition) is 1. The Balaban J connectivity index is 2.73. The monoisotopic (exact) mass is 231 g/mol. The van der Waals surface area contributed by atoms with Crippen LogP contribution in [0.3, 0.4) is 0 Å². The van der Waals surface area contributed by atoms with Crippen LogP contribution < -0.4 is 0 Å². The van der Waals surface area contributed by atoms with Gasteiger partial charge in [0.2, 0.25) is 5.91 Å². The molecule has 0 saturated heterocycles. The predicted molar refractivity (Wildman–Crippen MR) is 67.2 cm³/mol. The van der Waals surface area contributed by atoms with E-state index in [4.69, 9.17) is 5.11 Å². The summed E-state index contributed by atoms with van der Waals surface area (Å²) in [5.74, 6) is 5.89. The van der Waals surface area contributed by atoms with Gasteiger partial charge in [-0.3, -0.25) is 4.79 Å². The summed E-state index contributed by atoms with van der Waals surface area (Å²) >= 11 is 0. The number of benzene rings is 1. The molecule has 1 aromatic rings. The normalized spacial score (nSPS) is 9.35. The molecule has 1 amide bonds. The first-order valence-electron chi connectivity index (χ1n) is 5.54. The first-order chi connectivity index (χ1) is 8.13. The van der Waals surface area contributed by atoms with E-state index in [9.17, 15) is 4.79 Å². The van der Waals surface area contributed by atoms with E-state index in [1.54, 1.807) is 18.9 Å². The minimum atomic E-state index is 0.0433. The molecule has 3 heteroatoms. The molecule has 0 bridgehead atoms. The molecule has 0 atom stereocenters. The third-order valence-electron chi connectivity index (χ3n) is 2.35. The second-order valence-electron chi connectivity index (χ2n) is 3.85. The van der Waals surface area contributed by atoms with Crippen molar-refractivity contribution in [3.8, 4) is 11.8 Å². The molecule has 1 aromatic carbocycles. The summed E-state index contributed by atoms with van der Waals surface area (Å²) < 4.78 is 0. The standard InChI is InChI=1S/C14H17NO2/c1-12(17)15(2)11-14-8-5-7-13(10-14)6-3-4-9-16/h5,7-8,10,16H,4,9,11H2,1-2H3. The SMILES string of the molecule is CC(=O)N(C)Cc1cccc(C#CCCO)c1. The van der Waals surface area contributed by atoms with E-state index in [0.29, 0.717) is 13.0 Å². The van der Waals surface area contributed by atoms with Crippen LogP contribution in [0.25, 0.3) is 0 Å². The van der Waals surface area contributed by atoms with Gasteiger partial charge in [0.05, 0.1) is 6.61 Å². The Morgan fingerprint density at radius 3 is 2.88 bits per heavy atom. The Morgan fingerprint density at radius 1 is 1.47 bits per heavy atom. The van der Waals surface area contributed by atoms with Gasteiger partial charge in [0.15, 0.2) is 0 Å². The van der Waals surface area contributed by atoms with Gasteiger partial charge in [-0.25, -0.2) is 0 Å². The second kappa shape index (κ2) is 6.72. The van der Waals surface area contributed by atoms with Crippen LogP contribution in [0.1, 0.15) is 24.5 Å². The van der Waals surface area contributed by atoms with Crippen LogP contribution in [0.2, 0.25) is 0 Å². The maximum atomic E-state index is 11.1. The van der Waals surface area contributed by atoms with Crippen molar-refractivity contribution in [1.29, 1.82) is 0 Å². The lowest BCUT2D eigenvalue weighted by molar-refractivity contribution is -0.128. The molecule has 0 aliphatic heterocycles. The lowest BCUT2D eigenvalue weighted by Crippen LogP contribution is -2.22. The number of carbonyl (C=O) groups excluding carboxylic acids is 1. The third kappa shape index (κ3) is 4.71. The highest BCUT2D eigenvalue weighted by Gasteiger charge is 2.02. The summed E-state index contributed by atoms with van der Waals surface area (Å²) in [4.78, 5) is 12.8. The Morgan fingerprint density at radius 2 is 2.24 bits per heavy atom. The lowest BCUT2D eigenvalue weighted by atomic mass is 10.1. The van der Waals surface area contributed by atoms with Crippen LogP contribution >= 0.6 is 0 Å². The molecule has 17 heavy (non-hydrogen) atoms. The highest BCUT2D eigenvalue weighted by molar-refractivity contribution is 5.72. The van der Waals surface area contributed by atoms with Crippen molar-refractivity contribution < 1.29 is 9.90 Å². The second-order valence-corrected chi connectivity index (χ2v) is 3.85. The van der Waals surface area contributed by atoms with Gasteiger partial charge in [-0.1, -0.05) is 24.0 Å². The Kier molecular flexibility index (Phi) is 5.25. The van der Waals surface area contributed by atoms with Gasteiger partial charge < -0.3 is 10.0 Å². The fourth-order valence-electron chi connectivity index (χ4n) is 1.35. The number of rotatable bonds is 3. The van der Waals surface area contributed by atoms with Crippen molar-refractivity contribution in [3.05, 3.63) is 35.4 Å². The molecule has 3 nitrogen and oxygen atoms in total. The van der Waals surface area contributed by atoms with Crippen molar-refractivity contribution in [1.82, 2.24) is 4.90 Å². The minimum absolute atomic E-state index is 0.0433. The molecule has 0 fully saturated rings. The number of hydrogen-bond acceptors (Lipinski definition) is 2. The molecule has 1 N–H and O–H groups in total. The first-order valence-corrected chi connectivity index (χ1v) is 5.54. The van der Waals surface area contributed by atoms with Crippen LogP contribution in [-0.2, 0) is 11.3 Å². The number of nitrogens with zero attached hydrogens (tertiary/aromatic N) is 1. The largest absolute Gasteiger partial charge is 0.395 e. The van der Waals surface area contributed by atoms with E-state index in [-0.39, 0.29) is 12.5 Å². The first kappa shape index (κ1) is 13.3. The van der Waals surface area contributed by atoms with Crippen molar-refractivity contribution in [2.24, 2.45) is 0 Å². The van der Waals surface area contributed by atoms with Crippen LogP contribution in [0.4, 0.5) is 0 Å². The molecule has 0 radical (unpaired) electrons. The van der Waals surface area contributed by atoms with Crippen LogP contribution in [-0.4, -0.2) is 29.6 Å². The van der Waals surface area contributed by atoms with Crippen LogP contribution in [0, 0.1) is 11.8 Å². The molecule has 0 heterocycles. The fraction of sp³-hybridized carbons (Fsp3) is 0.357. The maximum absolute atomic E-state index is 11.1. The highest BCUT2D eigenvalue weighted by Crippen LogP contribution is 2.07.